The summed E-state index contributed by atoms with van der Waals surface area (Å²) in [6.07, 6.45) is 9.03. The van der Waals surface area contributed by atoms with Gasteiger partial charge in [0.05, 0.1) is 12.5 Å². The van der Waals surface area contributed by atoms with E-state index in [1.807, 2.05) is 18.2 Å². The van der Waals surface area contributed by atoms with Gasteiger partial charge < -0.3 is 14.6 Å². The zero-order valence-corrected chi connectivity index (χ0v) is 9.84. The molecular weight excluding hydrogens is 228 g/mol. The van der Waals surface area contributed by atoms with Crippen LogP contribution in [0, 0.1) is 0 Å². The van der Waals surface area contributed by atoms with E-state index in [4.69, 9.17) is 4.42 Å². The smallest absolute Gasteiger partial charge is 0.123 e. The van der Waals surface area contributed by atoms with Gasteiger partial charge in [0, 0.05) is 11.1 Å². The Morgan fingerprint density at radius 2 is 1.72 bits per heavy atom. The molecule has 0 unspecified atom stereocenters. The molecule has 1 aromatic carbocycles. The molecule has 1 heterocycles. The van der Waals surface area contributed by atoms with Crippen molar-refractivity contribution in [3.63, 3.8) is 0 Å². The molecule has 3 heteroatoms. The minimum absolute atomic E-state index is 0.185. The van der Waals surface area contributed by atoms with E-state index < -0.39 is 0 Å². The van der Waals surface area contributed by atoms with E-state index in [2.05, 4.69) is 0 Å². The first-order chi connectivity index (χ1) is 8.74. The molecule has 0 bridgehead atoms. The number of aromatic hydroxyl groups is 2. The predicted molar refractivity (Wildman–Crippen MR) is 69.4 cm³/mol. The molecule has 0 spiro atoms. The first-order valence-corrected chi connectivity index (χ1v) is 6.00. The molecule has 0 atom stereocenters. The molecule has 18 heavy (non-hydrogen) atoms. The van der Waals surface area contributed by atoms with Crippen molar-refractivity contribution in [2.75, 3.05) is 0 Å². The van der Waals surface area contributed by atoms with E-state index in [0.717, 1.165) is 24.0 Å². The summed E-state index contributed by atoms with van der Waals surface area (Å²) < 4.78 is 4.96. The number of benzene rings is 1. The van der Waals surface area contributed by atoms with Gasteiger partial charge in [0.1, 0.15) is 11.5 Å². The van der Waals surface area contributed by atoms with Gasteiger partial charge in [0.25, 0.3) is 0 Å². The minimum atomic E-state index is 0.185. The highest BCUT2D eigenvalue weighted by Gasteiger charge is 2.29. The summed E-state index contributed by atoms with van der Waals surface area (Å²) in [5, 5.41) is 19.9. The third-order valence-corrected chi connectivity index (χ3v) is 3.16. The Balaban J connectivity index is 1.89. The predicted octanol–water partition coefficient (Wildman–Crippen LogP) is 3.74. The number of furan rings is 1. The lowest BCUT2D eigenvalue weighted by Gasteiger charge is -2.07. The Labute approximate surface area is 105 Å². The lowest BCUT2D eigenvalue weighted by atomic mass is 10.0. The average molecular weight is 242 g/mol. The van der Waals surface area contributed by atoms with Crippen molar-refractivity contribution in [3.05, 3.63) is 47.4 Å². The van der Waals surface area contributed by atoms with Crippen molar-refractivity contribution in [1.29, 1.82) is 0 Å². The fourth-order valence-corrected chi connectivity index (χ4v) is 2.09. The molecule has 3 nitrogen and oxygen atoms in total. The molecule has 92 valence electrons. The summed E-state index contributed by atoms with van der Waals surface area (Å²) >= 11 is 0. The Bertz CT molecular complexity index is 555. The van der Waals surface area contributed by atoms with Crippen LogP contribution in [-0.2, 0) is 0 Å². The van der Waals surface area contributed by atoms with Gasteiger partial charge in [-0.05, 0) is 42.5 Å². The van der Waals surface area contributed by atoms with Gasteiger partial charge in [-0.2, -0.15) is 0 Å². The molecule has 0 amide bonds. The number of rotatable bonds is 3. The van der Waals surface area contributed by atoms with Crippen LogP contribution in [0.15, 0.2) is 35.1 Å². The van der Waals surface area contributed by atoms with Crippen LogP contribution < -0.4 is 0 Å². The molecule has 0 saturated heterocycles. The summed E-state index contributed by atoms with van der Waals surface area (Å²) in [7, 11) is 0. The Morgan fingerprint density at radius 1 is 1.06 bits per heavy atom. The number of hydrogen-bond acceptors (Lipinski definition) is 3. The SMILES string of the molecule is Oc1cc(C=Cc2ccoc2)cc(O)c1C1CC1. The van der Waals surface area contributed by atoms with E-state index in [0.29, 0.717) is 11.5 Å². The monoisotopic (exact) mass is 242 g/mol. The molecule has 1 fully saturated rings. The molecule has 2 aromatic rings. The topological polar surface area (TPSA) is 53.6 Å². The third-order valence-electron chi connectivity index (χ3n) is 3.16. The van der Waals surface area contributed by atoms with Crippen molar-refractivity contribution < 1.29 is 14.6 Å². The summed E-state index contributed by atoms with van der Waals surface area (Å²) in [5.74, 6) is 0.700. The normalized spacial score (nSPS) is 15.3. The van der Waals surface area contributed by atoms with Crippen molar-refractivity contribution in [1.82, 2.24) is 0 Å². The van der Waals surface area contributed by atoms with Gasteiger partial charge in [-0.3, -0.25) is 0 Å². The van der Waals surface area contributed by atoms with Gasteiger partial charge in [-0.25, -0.2) is 0 Å². The lowest BCUT2D eigenvalue weighted by Crippen LogP contribution is -1.84. The molecule has 0 radical (unpaired) electrons. The molecule has 0 aliphatic heterocycles. The maximum atomic E-state index is 9.93. The van der Waals surface area contributed by atoms with E-state index >= 15 is 0 Å². The summed E-state index contributed by atoms with van der Waals surface area (Å²) in [6, 6.07) is 5.21. The molecule has 1 aliphatic rings. The van der Waals surface area contributed by atoms with E-state index in [9.17, 15) is 10.2 Å². The van der Waals surface area contributed by atoms with Gasteiger partial charge >= 0.3 is 0 Å². The Morgan fingerprint density at radius 3 is 2.28 bits per heavy atom. The van der Waals surface area contributed by atoms with Crippen LogP contribution in [0.1, 0.15) is 35.4 Å². The summed E-state index contributed by atoms with van der Waals surface area (Å²) in [6.45, 7) is 0. The van der Waals surface area contributed by atoms with Crippen LogP contribution in [0.25, 0.3) is 12.2 Å². The first kappa shape index (κ1) is 11.0. The van der Waals surface area contributed by atoms with Crippen LogP contribution >= 0.6 is 0 Å². The minimum Gasteiger partial charge on any atom is -0.507 e. The van der Waals surface area contributed by atoms with Gasteiger partial charge in [-0.15, -0.1) is 0 Å². The standard InChI is InChI=1S/C15H14O3/c16-13-7-11(2-1-10-5-6-18-9-10)8-14(17)15(13)12-3-4-12/h1-2,5-9,12,16-17H,3-4H2. The lowest BCUT2D eigenvalue weighted by molar-refractivity contribution is 0.438. The van der Waals surface area contributed by atoms with Crippen molar-refractivity contribution >= 4 is 12.2 Å². The fourth-order valence-electron chi connectivity index (χ4n) is 2.09. The Kier molecular flexibility index (Phi) is 2.59. The van der Waals surface area contributed by atoms with E-state index in [1.165, 1.54) is 0 Å². The number of phenolic OH excluding ortho intramolecular Hbond substituents is 2. The Hall–Kier alpha value is -2.16. The van der Waals surface area contributed by atoms with Gasteiger partial charge in [-0.1, -0.05) is 12.2 Å². The third kappa shape index (κ3) is 2.12. The zero-order valence-electron chi connectivity index (χ0n) is 9.84. The quantitative estimate of drug-likeness (QED) is 0.862. The second kappa shape index (κ2) is 4.26. The van der Waals surface area contributed by atoms with Gasteiger partial charge in [0.2, 0.25) is 0 Å². The number of phenols is 2. The van der Waals surface area contributed by atoms with Crippen LogP contribution in [0.4, 0.5) is 0 Å². The maximum Gasteiger partial charge on any atom is 0.123 e. The van der Waals surface area contributed by atoms with Gasteiger partial charge in [0.15, 0.2) is 0 Å². The van der Waals surface area contributed by atoms with Crippen LogP contribution in [0.2, 0.25) is 0 Å². The van der Waals surface area contributed by atoms with Crippen LogP contribution in [0.3, 0.4) is 0 Å². The average Bonchev–Trinajstić information content (AvgIpc) is 3.02. The molecular formula is C15H14O3. The zero-order chi connectivity index (χ0) is 12.5. The first-order valence-electron chi connectivity index (χ1n) is 6.00. The highest BCUT2D eigenvalue weighted by Crippen LogP contribution is 2.48. The van der Waals surface area contributed by atoms with Crippen LogP contribution in [-0.4, -0.2) is 10.2 Å². The highest BCUT2D eigenvalue weighted by atomic mass is 16.3. The fraction of sp³-hybridized carbons (Fsp3) is 0.200. The largest absolute Gasteiger partial charge is 0.507 e. The molecule has 1 aromatic heterocycles. The van der Waals surface area contributed by atoms with Crippen LogP contribution in [0.5, 0.6) is 11.5 Å². The number of hydrogen-bond donors (Lipinski definition) is 2. The van der Waals surface area contributed by atoms with Crippen molar-refractivity contribution in [2.45, 2.75) is 18.8 Å². The van der Waals surface area contributed by atoms with E-state index in [1.54, 1.807) is 24.7 Å². The second-order valence-electron chi connectivity index (χ2n) is 4.64. The summed E-state index contributed by atoms with van der Waals surface area (Å²) in [5.41, 5.74) is 2.41. The highest BCUT2D eigenvalue weighted by molar-refractivity contribution is 5.71. The molecule has 1 aliphatic carbocycles. The van der Waals surface area contributed by atoms with E-state index in [-0.39, 0.29) is 11.5 Å². The second-order valence-corrected chi connectivity index (χ2v) is 4.64. The summed E-state index contributed by atoms with van der Waals surface area (Å²) in [4.78, 5) is 0. The van der Waals surface area contributed by atoms with Crippen molar-refractivity contribution in [2.24, 2.45) is 0 Å². The molecule has 3 rings (SSSR count). The molecule has 2 N–H and O–H groups in total. The molecule has 1 saturated carbocycles. The maximum absolute atomic E-state index is 9.93. The van der Waals surface area contributed by atoms with Crippen molar-refractivity contribution in [3.8, 4) is 11.5 Å².